The third-order valence-corrected chi connectivity index (χ3v) is 5.46. The molecule has 8 nitrogen and oxygen atoms in total. The second-order valence-corrected chi connectivity index (χ2v) is 8.08. The van der Waals surface area contributed by atoms with E-state index in [0.717, 1.165) is 89.8 Å². The fraction of sp³-hybridized carbons (Fsp3) is 0.773. The number of hydrogen-bond donors (Lipinski definition) is 3. The minimum Gasteiger partial charge on any atom is -0.388 e. The van der Waals surface area contributed by atoms with Crippen molar-refractivity contribution in [2.24, 2.45) is 4.99 Å². The second kappa shape index (κ2) is 13.4. The zero-order chi connectivity index (χ0) is 21.7. The van der Waals surface area contributed by atoms with Crippen molar-refractivity contribution in [3.63, 3.8) is 0 Å². The Bertz CT molecular complexity index is 597. The zero-order valence-corrected chi connectivity index (χ0v) is 19.1. The van der Waals surface area contributed by atoms with E-state index in [1.54, 1.807) is 12.4 Å². The Morgan fingerprint density at radius 1 is 1.07 bits per heavy atom. The summed E-state index contributed by atoms with van der Waals surface area (Å²) in [6.45, 7) is 13.5. The van der Waals surface area contributed by atoms with Crippen molar-refractivity contribution in [1.82, 2.24) is 25.5 Å². The number of aromatic nitrogens is 2. The minimum absolute atomic E-state index is 0.452. The predicted molar refractivity (Wildman–Crippen MR) is 124 cm³/mol. The molecular weight excluding hydrogens is 378 g/mol. The Kier molecular flexibility index (Phi) is 10.9. The van der Waals surface area contributed by atoms with Gasteiger partial charge in [0, 0.05) is 51.7 Å². The summed E-state index contributed by atoms with van der Waals surface area (Å²) in [4.78, 5) is 18.1. The fourth-order valence-corrected chi connectivity index (χ4v) is 3.92. The normalized spacial score (nSPS) is 16.0. The molecule has 1 aliphatic heterocycles. The van der Waals surface area contributed by atoms with Gasteiger partial charge in [-0.15, -0.1) is 0 Å². The Morgan fingerprint density at radius 3 is 2.33 bits per heavy atom. The van der Waals surface area contributed by atoms with Crippen molar-refractivity contribution < 1.29 is 5.11 Å². The van der Waals surface area contributed by atoms with E-state index in [-0.39, 0.29) is 0 Å². The molecule has 0 saturated carbocycles. The van der Waals surface area contributed by atoms with E-state index in [1.807, 2.05) is 6.07 Å². The predicted octanol–water partition coefficient (Wildman–Crippen LogP) is 1.88. The number of guanidine groups is 1. The number of aliphatic hydroxyl groups is 1. The number of nitrogens with zero attached hydrogens (tertiary/aromatic N) is 5. The summed E-state index contributed by atoms with van der Waals surface area (Å²) in [5.41, 5.74) is -0.687. The first-order valence-corrected chi connectivity index (χ1v) is 11.6. The van der Waals surface area contributed by atoms with Crippen LogP contribution in [0.15, 0.2) is 23.5 Å². The molecule has 1 aromatic heterocycles. The Balaban J connectivity index is 1.70. The molecule has 0 amide bonds. The van der Waals surface area contributed by atoms with Crippen LogP contribution in [0.4, 0.5) is 5.95 Å². The van der Waals surface area contributed by atoms with Gasteiger partial charge < -0.3 is 20.6 Å². The summed E-state index contributed by atoms with van der Waals surface area (Å²) in [5, 5.41) is 17.5. The van der Waals surface area contributed by atoms with Crippen LogP contribution in [-0.4, -0.2) is 83.9 Å². The highest BCUT2D eigenvalue weighted by atomic mass is 16.3. The smallest absolute Gasteiger partial charge is 0.225 e. The molecule has 0 spiro atoms. The van der Waals surface area contributed by atoms with Gasteiger partial charge >= 0.3 is 0 Å². The van der Waals surface area contributed by atoms with Crippen LogP contribution < -0.4 is 15.5 Å². The molecule has 0 atom stereocenters. The molecule has 1 saturated heterocycles. The Hall–Kier alpha value is -1.93. The van der Waals surface area contributed by atoms with Crippen LogP contribution in [0.3, 0.4) is 0 Å². The van der Waals surface area contributed by atoms with Gasteiger partial charge in [-0.1, -0.05) is 26.7 Å². The first kappa shape index (κ1) is 24.3. The van der Waals surface area contributed by atoms with E-state index in [4.69, 9.17) is 0 Å². The van der Waals surface area contributed by atoms with E-state index in [2.05, 4.69) is 56.2 Å². The molecule has 2 heterocycles. The SMILES string of the molecule is CCCC(O)(CCC)CN=C(NCC)NCCCN1CCN(c2ncccn2)CC1. The van der Waals surface area contributed by atoms with Gasteiger partial charge in [-0.2, -0.15) is 0 Å². The number of piperazine rings is 1. The van der Waals surface area contributed by atoms with Crippen LogP contribution in [0.25, 0.3) is 0 Å². The largest absolute Gasteiger partial charge is 0.388 e. The summed E-state index contributed by atoms with van der Waals surface area (Å²) in [5.74, 6) is 1.63. The van der Waals surface area contributed by atoms with E-state index < -0.39 is 5.60 Å². The van der Waals surface area contributed by atoms with Crippen molar-refractivity contribution in [3.05, 3.63) is 18.5 Å². The van der Waals surface area contributed by atoms with Gasteiger partial charge in [-0.25, -0.2) is 9.97 Å². The molecule has 170 valence electrons. The maximum Gasteiger partial charge on any atom is 0.225 e. The highest BCUT2D eigenvalue weighted by Gasteiger charge is 2.24. The summed E-state index contributed by atoms with van der Waals surface area (Å²) >= 11 is 0. The number of nitrogens with one attached hydrogen (secondary N) is 2. The Morgan fingerprint density at radius 2 is 1.73 bits per heavy atom. The van der Waals surface area contributed by atoms with Gasteiger partial charge in [0.05, 0.1) is 12.1 Å². The Labute approximate surface area is 182 Å². The first-order valence-electron chi connectivity index (χ1n) is 11.6. The molecule has 0 aliphatic carbocycles. The second-order valence-electron chi connectivity index (χ2n) is 8.08. The molecule has 0 radical (unpaired) electrons. The van der Waals surface area contributed by atoms with Gasteiger partial charge in [-0.05, 0) is 38.8 Å². The van der Waals surface area contributed by atoms with E-state index in [9.17, 15) is 5.11 Å². The topological polar surface area (TPSA) is 88.9 Å². The minimum atomic E-state index is -0.687. The number of hydrogen-bond acceptors (Lipinski definition) is 6. The molecule has 1 fully saturated rings. The van der Waals surface area contributed by atoms with Crippen LogP contribution >= 0.6 is 0 Å². The van der Waals surface area contributed by atoms with Gasteiger partial charge in [0.1, 0.15) is 0 Å². The summed E-state index contributed by atoms with van der Waals surface area (Å²) in [6, 6.07) is 1.85. The van der Waals surface area contributed by atoms with Crippen LogP contribution in [-0.2, 0) is 0 Å². The van der Waals surface area contributed by atoms with Crippen LogP contribution in [0.1, 0.15) is 52.9 Å². The standard InChI is InChI=1S/C22H41N7O/c1-4-9-22(30,10-5-2)19-27-20(23-6-3)24-13-8-14-28-15-17-29(18-16-28)21-25-11-7-12-26-21/h7,11-12,30H,4-6,8-10,13-19H2,1-3H3,(H2,23,24,27). The van der Waals surface area contributed by atoms with Crippen LogP contribution in [0, 0.1) is 0 Å². The summed E-state index contributed by atoms with van der Waals surface area (Å²) in [6.07, 6.45) is 8.19. The lowest BCUT2D eigenvalue weighted by molar-refractivity contribution is 0.0306. The first-order chi connectivity index (χ1) is 14.6. The number of rotatable bonds is 12. The zero-order valence-electron chi connectivity index (χ0n) is 19.1. The molecule has 1 aliphatic rings. The lowest BCUT2D eigenvalue weighted by Gasteiger charge is -2.34. The van der Waals surface area contributed by atoms with Gasteiger partial charge in [0.25, 0.3) is 0 Å². The molecule has 1 aromatic rings. The van der Waals surface area contributed by atoms with E-state index in [1.165, 1.54) is 0 Å². The van der Waals surface area contributed by atoms with Gasteiger partial charge in [-0.3, -0.25) is 9.89 Å². The van der Waals surface area contributed by atoms with Gasteiger partial charge in [0.15, 0.2) is 5.96 Å². The van der Waals surface area contributed by atoms with Crippen molar-refractivity contribution in [1.29, 1.82) is 0 Å². The van der Waals surface area contributed by atoms with E-state index in [0.29, 0.717) is 6.54 Å². The number of anilines is 1. The van der Waals surface area contributed by atoms with Crippen molar-refractivity contribution in [3.8, 4) is 0 Å². The average Bonchev–Trinajstić information content (AvgIpc) is 2.76. The lowest BCUT2D eigenvalue weighted by atomic mass is 9.93. The summed E-state index contributed by atoms with van der Waals surface area (Å²) in [7, 11) is 0. The molecule has 8 heteroatoms. The molecule has 0 bridgehead atoms. The molecule has 3 N–H and O–H groups in total. The maximum absolute atomic E-state index is 10.8. The van der Waals surface area contributed by atoms with Crippen LogP contribution in [0.5, 0.6) is 0 Å². The molecule has 0 aromatic carbocycles. The lowest BCUT2D eigenvalue weighted by Crippen LogP contribution is -2.47. The summed E-state index contributed by atoms with van der Waals surface area (Å²) < 4.78 is 0. The van der Waals surface area contributed by atoms with Crippen molar-refractivity contribution in [2.75, 3.05) is 57.3 Å². The monoisotopic (exact) mass is 419 g/mol. The molecule has 2 rings (SSSR count). The highest BCUT2D eigenvalue weighted by molar-refractivity contribution is 5.79. The van der Waals surface area contributed by atoms with Gasteiger partial charge in [0.2, 0.25) is 5.95 Å². The van der Waals surface area contributed by atoms with Crippen molar-refractivity contribution in [2.45, 2.75) is 58.5 Å². The third-order valence-electron chi connectivity index (χ3n) is 5.46. The van der Waals surface area contributed by atoms with Crippen molar-refractivity contribution >= 4 is 11.9 Å². The highest BCUT2D eigenvalue weighted by Crippen LogP contribution is 2.19. The third kappa shape index (κ3) is 8.44. The average molecular weight is 420 g/mol. The van der Waals surface area contributed by atoms with E-state index >= 15 is 0 Å². The molecule has 0 unspecified atom stereocenters. The quantitative estimate of drug-likeness (QED) is 0.271. The number of aliphatic imine (C=N–C) groups is 1. The van der Waals surface area contributed by atoms with Crippen LogP contribution in [0.2, 0.25) is 0 Å². The fourth-order valence-electron chi connectivity index (χ4n) is 3.92. The molecule has 30 heavy (non-hydrogen) atoms. The molecular formula is C22H41N7O. The maximum atomic E-state index is 10.8.